The molecule has 0 aromatic carbocycles. The maximum Gasteiger partial charge on any atom is 0.244 e. The number of likely N-dealkylation sites (tertiary alicyclic amines) is 1. The van der Waals surface area contributed by atoms with E-state index >= 15 is 0 Å². The molecule has 0 aromatic heterocycles. The summed E-state index contributed by atoms with van der Waals surface area (Å²) in [7, 11) is 2.06. The van der Waals surface area contributed by atoms with Crippen molar-refractivity contribution in [1.29, 1.82) is 0 Å². The van der Waals surface area contributed by atoms with Gasteiger partial charge in [-0.2, -0.15) is 0 Å². The predicted octanol–water partition coefficient (Wildman–Crippen LogP) is -1.30. The van der Waals surface area contributed by atoms with Crippen LogP contribution >= 0.6 is 0 Å². The lowest BCUT2D eigenvalue weighted by molar-refractivity contribution is -0.125. The lowest BCUT2D eigenvalue weighted by Gasteiger charge is -2.15. The van der Waals surface area contributed by atoms with Crippen LogP contribution in [0.25, 0.3) is 0 Å². The second-order valence-corrected chi connectivity index (χ2v) is 4.08. The van der Waals surface area contributed by atoms with Gasteiger partial charge >= 0.3 is 0 Å². The fourth-order valence-corrected chi connectivity index (χ4v) is 2.04. The molecule has 0 spiro atoms. The predicted molar refractivity (Wildman–Crippen MR) is 50.6 cm³/mol. The zero-order chi connectivity index (χ0) is 10.1. The monoisotopic (exact) mass is 197 g/mol. The first-order valence-corrected chi connectivity index (χ1v) is 4.93. The Labute approximate surface area is 82.8 Å². The molecule has 5 heteroatoms. The first-order chi connectivity index (χ1) is 6.65. The molecule has 78 valence electrons. The Hall–Kier alpha value is -0.940. The molecule has 0 saturated carbocycles. The molecule has 0 radical (unpaired) electrons. The van der Waals surface area contributed by atoms with Crippen molar-refractivity contribution in [1.82, 2.24) is 15.5 Å². The summed E-state index contributed by atoms with van der Waals surface area (Å²) < 4.78 is 0. The summed E-state index contributed by atoms with van der Waals surface area (Å²) in [6.07, 6.45) is 1.34. The van der Waals surface area contributed by atoms with Crippen molar-refractivity contribution < 1.29 is 9.59 Å². The molecule has 5 nitrogen and oxygen atoms in total. The maximum absolute atomic E-state index is 11.2. The minimum absolute atomic E-state index is 0.168. The van der Waals surface area contributed by atoms with Gasteiger partial charge in [-0.1, -0.05) is 0 Å². The highest BCUT2D eigenvalue weighted by atomic mass is 16.2. The number of carbonyl (C=O) groups is 2. The average Bonchev–Trinajstić information content (AvgIpc) is 2.61. The number of rotatable bonds is 2. The number of hydrogen-bond donors (Lipinski definition) is 2. The summed E-state index contributed by atoms with van der Waals surface area (Å²) in [6, 6.07) is 0.0423. The minimum atomic E-state index is -0.306. The molecule has 2 saturated heterocycles. The van der Waals surface area contributed by atoms with Crippen LogP contribution in [0.5, 0.6) is 0 Å². The lowest BCUT2D eigenvalue weighted by atomic mass is 10.2. The highest BCUT2D eigenvalue weighted by molar-refractivity contribution is 6.05. The van der Waals surface area contributed by atoms with E-state index in [-0.39, 0.29) is 17.9 Å². The van der Waals surface area contributed by atoms with Crippen LogP contribution in [-0.2, 0) is 9.59 Å². The van der Waals surface area contributed by atoms with Crippen LogP contribution in [0.15, 0.2) is 0 Å². The van der Waals surface area contributed by atoms with E-state index in [0.29, 0.717) is 12.5 Å². The van der Waals surface area contributed by atoms with Gasteiger partial charge in [0.25, 0.3) is 0 Å². The van der Waals surface area contributed by atoms with Crippen LogP contribution < -0.4 is 10.6 Å². The standard InChI is InChI=1S/C9H15N3O2/c1-12-3-2-6(5-12)10-7-4-8(13)11-9(7)14/h6-7,10H,2-5H2,1H3,(H,11,13,14). The third kappa shape index (κ3) is 1.93. The van der Waals surface area contributed by atoms with Crippen LogP contribution in [0.4, 0.5) is 0 Å². The van der Waals surface area contributed by atoms with Crippen molar-refractivity contribution in [3.05, 3.63) is 0 Å². The Morgan fingerprint density at radius 1 is 1.50 bits per heavy atom. The van der Waals surface area contributed by atoms with Gasteiger partial charge in [-0.25, -0.2) is 0 Å². The molecular formula is C9H15N3O2. The van der Waals surface area contributed by atoms with E-state index in [1.165, 1.54) is 0 Å². The summed E-state index contributed by atoms with van der Waals surface area (Å²) in [5.74, 6) is -0.344. The molecule has 2 fully saturated rings. The maximum atomic E-state index is 11.2. The van der Waals surface area contributed by atoms with Gasteiger partial charge < -0.3 is 10.2 Å². The van der Waals surface area contributed by atoms with E-state index in [0.717, 1.165) is 19.5 Å². The highest BCUT2D eigenvalue weighted by Gasteiger charge is 2.33. The molecule has 2 N–H and O–H groups in total. The normalized spacial score (nSPS) is 33.8. The fraction of sp³-hybridized carbons (Fsp3) is 0.778. The van der Waals surface area contributed by atoms with Gasteiger partial charge in [-0.3, -0.25) is 14.9 Å². The van der Waals surface area contributed by atoms with Gasteiger partial charge in [0, 0.05) is 12.6 Å². The highest BCUT2D eigenvalue weighted by Crippen LogP contribution is 2.10. The SMILES string of the molecule is CN1CCC(NC2CC(=O)NC2=O)C1. The summed E-state index contributed by atoms with van der Waals surface area (Å²) in [4.78, 5) is 24.4. The fourth-order valence-electron chi connectivity index (χ4n) is 2.04. The van der Waals surface area contributed by atoms with Crippen LogP contribution in [0.3, 0.4) is 0 Å². The van der Waals surface area contributed by atoms with Crippen LogP contribution in [0.2, 0.25) is 0 Å². The molecule has 2 unspecified atom stereocenters. The van der Waals surface area contributed by atoms with Crippen molar-refractivity contribution >= 4 is 11.8 Å². The minimum Gasteiger partial charge on any atom is -0.305 e. The second-order valence-electron chi connectivity index (χ2n) is 4.08. The second kappa shape index (κ2) is 3.67. The van der Waals surface area contributed by atoms with Crippen molar-refractivity contribution in [2.45, 2.75) is 24.9 Å². The van der Waals surface area contributed by atoms with Gasteiger partial charge in [-0.05, 0) is 20.0 Å². The Bertz CT molecular complexity index is 267. The molecule has 2 amide bonds. The number of nitrogens with zero attached hydrogens (tertiary/aromatic N) is 1. The quantitative estimate of drug-likeness (QED) is 0.540. The number of hydrogen-bond acceptors (Lipinski definition) is 4. The molecule has 2 aliphatic rings. The Morgan fingerprint density at radius 2 is 2.29 bits per heavy atom. The van der Waals surface area contributed by atoms with E-state index in [1.807, 2.05) is 0 Å². The number of likely N-dealkylation sites (N-methyl/N-ethyl adjacent to an activating group) is 1. The van der Waals surface area contributed by atoms with Gasteiger partial charge in [0.15, 0.2) is 0 Å². The third-order valence-electron chi connectivity index (χ3n) is 2.80. The van der Waals surface area contributed by atoms with E-state index in [2.05, 4.69) is 22.6 Å². The lowest BCUT2D eigenvalue weighted by Crippen LogP contribution is -2.43. The van der Waals surface area contributed by atoms with Crippen LogP contribution in [0.1, 0.15) is 12.8 Å². The summed E-state index contributed by atoms with van der Waals surface area (Å²) in [5, 5.41) is 5.51. The molecule has 2 heterocycles. The van der Waals surface area contributed by atoms with Crippen molar-refractivity contribution in [2.24, 2.45) is 0 Å². The first kappa shape index (κ1) is 9.61. The average molecular weight is 197 g/mol. The van der Waals surface area contributed by atoms with Crippen LogP contribution in [-0.4, -0.2) is 48.9 Å². The third-order valence-corrected chi connectivity index (χ3v) is 2.80. The van der Waals surface area contributed by atoms with E-state index in [4.69, 9.17) is 0 Å². The zero-order valence-electron chi connectivity index (χ0n) is 8.25. The van der Waals surface area contributed by atoms with Gasteiger partial charge in [-0.15, -0.1) is 0 Å². The topological polar surface area (TPSA) is 61.4 Å². The summed E-state index contributed by atoms with van der Waals surface area (Å²) in [6.45, 7) is 2.01. The molecule has 14 heavy (non-hydrogen) atoms. The number of nitrogens with one attached hydrogen (secondary N) is 2. The molecule has 0 bridgehead atoms. The number of amides is 2. The van der Waals surface area contributed by atoms with Crippen molar-refractivity contribution in [3.63, 3.8) is 0 Å². The van der Waals surface area contributed by atoms with Crippen molar-refractivity contribution in [3.8, 4) is 0 Å². The molecule has 2 rings (SSSR count). The largest absolute Gasteiger partial charge is 0.305 e. The number of carbonyl (C=O) groups excluding carboxylic acids is 2. The molecule has 0 aliphatic carbocycles. The summed E-state index contributed by atoms with van der Waals surface area (Å²) in [5.41, 5.74) is 0. The van der Waals surface area contributed by atoms with Crippen LogP contribution in [0, 0.1) is 0 Å². The van der Waals surface area contributed by atoms with Gasteiger partial charge in [0.2, 0.25) is 11.8 Å². The van der Waals surface area contributed by atoms with Crippen molar-refractivity contribution in [2.75, 3.05) is 20.1 Å². The first-order valence-electron chi connectivity index (χ1n) is 4.93. The Balaban J connectivity index is 1.86. The number of imide groups is 1. The Kier molecular flexibility index (Phi) is 2.52. The van der Waals surface area contributed by atoms with E-state index in [1.54, 1.807) is 0 Å². The molecule has 0 aromatic rings. The zero-order valence-corrected chi connectivity index (χ0v) is 8.25. The molecule has 2 aliphatic heterocycles. The Morgan fingerprint density at radius 3 is 2.79 bits per heavy atom. The summed E-state index contributed by atoms with van der Waals surface area (Å²) >= 11 is 0. The van der Waals surface area contributed by atoms with E-state index < -0.39 is 0 Å². The van der Waals surface area contributed by atoms with Gasteiger partial charge in [0.1, 0.15) is 0 Å². The smallest absolute Gasteiger partial charge is 0.244 e. The van der Waals surface area contributed by atoms with E-state index in [9.17, 15) is 9.59 Å². The molecule has 2 atom stereocenters. The van der Waals surface area contributed by atoms with Gasteiger partial charge in [0.05, 0.1) is 12.5 Å². The molecular weight excluding hydrogens is 182 g/mol.